The molecule has 3 heterocycles. The van der Waals surface area contributed by atoms with Crippen molar-refractivity contribution in [2.24, 2.45) is 5.92 Å². The maximum atomic E-state index is 12.8. The van der Waals surface area contributed by atoms with Crippen molar-refractivity contribution in [3.63, 3.8) is 0 Å². The van der Waals surface area contributed by atoms with Crippen molar-refractivity contribution in [1.29, 1.82) is 0 Å². The summed E-state index contributed by atoms with van der Waals surface area (Å²) in [7, 11) is 0. The van der Waals surface area contributed by atoms with Crippen LogP contribution in [-0.4, -0.2) is 40.3 Å². The Kier molecular flexibility index (Phi) is 5.92. The van der Waals surface area contributed by atoms with Gasteiger partial charge in [-0.15, -0.1) is 5.10 Å². The topological polar surface area (TPSA) is 80.2 Å². The molecule has 7 heteroatoms. The maximum Gasteiger partial charge on any atom is 0.225 e. The number of carbonyl (C=O) groups excluding carboxylic acids is 1. The lowest BCUT2D eigenvalue weighted by Crippen LogP contribution is -2.43. The molecule has 1 atom stereocenters. The normalized spacial score (nSPS) is 19.3. The van der Waals surface area contributed by atoms with Gasteiger partial charge >= 0.3 is 0 Å². The zero-order valence-electron chi connectivity index (χ0n) is 17.2. The molecule has 1 saturated heterocycles. The van der Waals surface area contributed by atoms with Gasteiger partial charge in [-0.3, -0.25) is 4.79 Å². The van der Waals surface area contributed by atoms with E-state index in [4.69, 9.17) is 4.74 Å². The first-order valence-electron chi connectivity index (χ1n) is 10.6. The number of hydrogen-bond acceptors (Lipinski definition) is 6. The zero-order valence-corrected chi connectivity index (χ0v) is 17.2. The quantitative estimate of drug-likeness (QED) is 0.776. The average Bonchev–Trinajstić information content (AvgIpc) is 3.58. The zero-order chi connectivity index (χ0) is 20.2. The number of carbonyl (C=O) groups is 1. The first kappa shape index (κ1) is 19.6. The molecule has 0 bridgehead atoms. The van der Waals surface area contributed by atoms with Crippen LogP contribution < -0.4 is 15.0 Å². The third-order valence-corrected chi connectivity index (χ3v) is 5.43. The van der Waals surface area contributed by atoms with Crippen LogP contribution in [0.4, 0.5) is 5.82 Å². The number of amides is 1. The molecule has 29 heavy (non-hydrogen) atoms. The fourth-order valence-electron chi connectivity index (χ4n) is 3.71. The maximum absolute atomic E-state index is 12.8. The van der Waals surface area contributed by atoms with Gasteiger partial charge in [0.05, 0.1) is 17.7 Å². The van der Waals surface area contributed by atoms with Crippen molar-refractivity contribution in [3.8, 4) is 5.88 Å². The Morgan fingerprint density at radius 3 is 2.83 bits per heavy atom. The number of anilines is 1. The molecule has 0 aromatic carbocycles. The number of nitrogens with one attached hydrogen (secondary N) is 1. The van der Waals surface area contributed by atoms with Gasteiger partial charge in [0, 0.05) is 37.3 Å². The Labute approximate surface area is 171 Å². The Bertz CT molecular complexity index is 835. The number of nitrogens with zero attached hydrogens (tertiary/aromatic N) is 4. The largest absolute Gasteiger partial charge is 0.475 e. The van der Waals surface area contributed by atoms with Crippen LogP contribution in [0.2, 0.25) is 0 Å². The highest BCUT2D eigenvalue weighted by Crippen LogP contribution is 2.38. The molecule has 1 amide bonds. The summed E-state index contributed by atoms with van der Waals surface area (Å²) in [5.74, 6) is 2.07. The molecular formula is C22H29N5O2. The third-order valence-electron chi connectivity index (χ3n) is 5.43. The van der Waals surface area contributed by atoms with Crippen LogP contribution in [0.1, 0.15) is 56.7 Å². The number of pyridine rings is 1. The van der Waals surface area contributed by atoms with E-state index in [-0.39, 0.29) is 17.9 Å². The summed E-state index contributed by atoms with van der Waals surface area (Å²) in [5, 5.41) is 11.9. The van der Waals surface area contributed by atoms with E-state index in [0.29, 0.717) is 24.9 Å². The van der Waals surface area contributed by atoms with Crippen LogP contribution in [0.3, 0.4) is 0 Å². The van der Waals surface area contributed by atoms with E-state index < -0.39 is 0 Å². The standard InChI is InChI=1S/C22H29N5O2/c1-15(2)29-22-17(5-3-11-23-22)13-24-21(28)18-6-4-12-27(14-18)20-10-9-19(25-26-20)16-7-8-16/h3,5,9-11,15-16,18H,4,6-8,12-14H2,1-2H3,(H,24,28). The van der Waals surface area contributed by atoms with Gasteiger partial charge in [0.25, 0.3) is 0 Å². The van der Waals surface area contributed by atoms with Gasteiger partial charge in [-0.1, -0.05) is 6.07 Å². The Morgan fingerprint density at radius 2 is 2.10 bits per heavy atom. The molecule has 1 N–H and O–H groups in total. The molecule has 154 valence electrons. The number of piperidine rings is 1. The molecule has 2 aliphatic rings. The lowest BCUT2D eigenvalue weighted by molar-refractivity contribution is -0.125. The summed E-state index contributed by atoms with van der Waals surface area (Å²) in [4.78, 5) is 19.3. The van der Waals surface area contributed by atoms with Crippen molar-refractivity contribution in [3.05, 3.63) is 41.7 Å². The number of ether oxygens (including phenoxy) is 1. The van der Waals surface area contributed by atoms with Gasteiger partial charge in [-0.05, 0) is 57.7 Å². The second kappa shape index (κ2) is 8.76. The van der Waals surface area contributed by atoms with Crippen LogP contribution >= 0.6 is 0 Å². The molecule has 1 aliphatic heterocycles. The van der Waals surface area contributed by atoms with Crippen molar-refractivity contribution in [2.75, 3.05) is 18.0 Å². The molecule has 2 fully saturated rings. The molecule has 0 radical (unpaired) electrons. The predicted octanol–water partition coefficient (Wildman–Crippen LogP) is 3.07. The SMILES string of the molecule is CC(C)Oc1ncccc1CNC(=O)C1CCCN(c2ccc(C3CC3)nn2)C1. The third kappa shape index (κ3) is 5.02. The number of rotatable bonds is 7. The predicted molar refractivity (Wildman–Crippen MR) is 111 cm³/mol. The van der Waals surface area contributed by atoms with Crippen molar-refractivity contribution in [2.45, 2.75) is 58.1 Å². The highest BCUT2D eigenvalue weighted by molar-refractivity contribution is 5.79. The molecule has 4 rings (SSSR count). The average molecular weight is 396 g/mol. The molecule has 7 nitrogen and oxygen atoms in total. The smallest absolute Gasteiger partial charge is 0.225 e. The van der Waals surface area contributed by atoms with E-state index in [1.165, 1.54) is 12.8 Å². The highest BCUT2D eigenvalue weighted by Gasteiger charge is 2.28. The molecular weight excluding hydrogens is 366 g/mol. The van der Waals surface area contributed by atoms with E-state index in [0.717, 1.165) is 36.5 Å². The van der Waals surface area contributed by atoms with E-state index >= 15 is 0 Å². The summed E-state index contributed by atoms with van der Waals surface area (Å²) >= 11 is 0. The van der Waals surface area contributed by atoms with Gasteiger partial charge in [-0.25, -0.2) is 4.98 Å². The van der Waals surface area contributed by atoms with Gasteiger partial charge in [-0.2, -0.15) is 5.10 Å². The summed E-state index contributed by atoms with van der Waals surface area (Å²) < 4.78 is 5.74. The van der Waals surface area contributed by atoms with E-state index in [2.05, 4.69) is 31.5 Å². The minimum absolute atomic E-state index is 0.0404. The van der Waals surface area contributed by atoms with Crippen molar-refractivity contribution >= 4 is 11.7 Å². The summed E-state index contributed by atoms with van der Waals surface area (Å²) in [5.41, 5.74) is 1.99. The van der Waals surface area contributed by atoms with Gasteiger partial charge in [0.2, 0.25) is 11.8 Å². The number of hydrogen-bond donors (Lipinski definition) is 1. The van der Waals surface area contributed by atoms with Crippen LogP contribution in [0.25, 0.3) is 0 Å². The Morgan fingerprint density at radius 1 is 1.24 bits per heavy atom. The first-order chi connectivity index (χ1) is 14.1. The van der Waals surface area contributed by atoms with Crippen LogP contribution in [-0.2, 0) is 11.3 Å². The van der Waals surface area contributed by atoms with Gasteiger partial charge < -0.3 is 15.0 Å². The van der Waals surface area contributed by atoms with E-state index in [1.54, 1.807) is 6.20 Å². The minimum Gasteiger partial charge on any atom is -0.475 e. The van der Waals surface area contributed by atoms with Crippen LogP contribution in [0.5, 0.6) is 5.88 Å². The molecule has 1 unspecified atom stereocenters. The summed E-state index contributed by atoms with van der Waals surface area (Å²) in [6.45, 7) is 5.94. The molecule has 2 aromatic heterocycles. The molecule has 0 spiro atoms. The van der Waals surface area contributed by atoms with Gasteiger partial charge in [0.1, 0.15) is 0 Å². The van der Waals surface area contributed by atoms with Crippen LogP contribution in [0, 0.1) is 5.92 Å². The second-order valence-corrected chi connectivity index (χ2v) is 8.23. The number of aromatic nitrogens is 3. The lowest BCUT2D eigenvalue weighted by Gasteiger charge is -2.32. The minimum atomic E-state index is -0.0557. The fourth-order valence-corrected chi connectivity index (χ4v) is 3.71. The Balaban J connectivity index is 1.34. The fraction of sp³-hybridized carbons (Fsp3) is 0.545. The Hall–Kier alpha value is -2.70. The first-order valence-corrected chi connectivity index (χ1v) is 10.6. The summed E-state index contributed by atoms with van der Waals surface area (Å²) in [6.07, 6.45) is 6.05. The molecule has 1 saturated carbocycles. The second-order valence-electron chi connectivity index (χ2n) is 8.23. The van der Waals surface area contributed by atoms with Crippen molar-refractivity contribution in [1.82, 2.24) is 20.5 Å². The highest BCUT2D eigenvalue weighted by atomic mass is 16.5. The van der Waals surface area contributed by atoms with E-state index in [9.17, 15) is 4.79 Å². The monoisotopic (exact) mass is 395 g/mol. The molecule has 1 aliphatic carbocycles. The van der Waals surface area contributed by atoms with E-state index in [1.807, 2.05) is 32.0 Å². The summed E-state index contributed by atoms with van der Waals surface area (Å²) in [6, 6.07) is 7.94. The van der Waals surface area contributed by atoms with Gasteiger partial charge in [0.15, 0.2) is 5.82 Å². The van der Waals surface area contributed by atoms with Crippen LogP contribution in [0.15, 0.2) is 30.5 Å². The lowest BCUT2D eigenvalue weighted by atomic mass is 9.97. The van der Waals surface area contributed by atoms with Crippen molar-refractivity contribution < 1.29 is 9.53 Å². The molecule has 2 aromatic rings.